The molecule has 0 unspecified atom stereocenters. The maximum atomic E-state index is 12.1. The Morgan fingerprint density at radius 1 is 1.00 bits per heavy atom. The van der Waals surface area contributed by atoms with Crippen molar-refractivity contribution in [3.63, 3.8) is 0 Å². The number of Topliss-reactive ketones (excluding diaryl/α,β-unsaturated/α-hetero) is 1. The molecule has 0 radical (unpaired) electrons. The smallest absolute Gasteiger partial charge is 0.164 e. The summed E-state index contributed by atoms with van der Waals surface area (Å²) in [6.07, 6.45) is 0.615. The van der Waals surface area contributed by atoms with E-state index in [2.05, 4.69) is 55.1 Å². The fraction of sp³-hybridized carbons (Fsp3) is 0.316. The van der Waals surface area contributed by atoms with Gasteiger partial charge in [-0.3, -0.25) is 4.79 Å². The largest absolute Gasteiger partial charge is 0.378 e. The number of hydrogen-bond donors (Lipinski definition) is 0. The van der Waals surface area contributed by atoms with Crippen molar-refractivity contribution < 1.29 is 4.79 Å². The van der Waals surface area contributed by atoms with Gasteiger partial charge < -0.3 is 4.90 Å². The van der Waals surface area contributed by atoms with Crippen LogP contribution in [0.15, 0.2) is 42.5 Å². The van der Waals surface area contributed by atoms with Gasteiger partial charge in [0.1, 0.15) is 0 Å². The third kappa shape index (κ3) is 2.35. The fourth-order valence-corrected chi connectivity index (χ4v) is 3.08. The molecule has 2 heteroatoms. The van der Waals surface area contributed by atoms with Gasteiger partial charge in [-0.15, -0.1) is 0 Å². The molecule has 2 aromatic rings. The second kappa shape index (κ2) is 4.73. The first-order valence-electron chi connectivity index (χ1n) is 7.34. The fourth-order valence-electron chi connectivity index (χ4n) is 3.08. The van der Waals surface area contributed by atoms with Gasteiger partial charge in [-0.1, -0.05) is 38.1 Å². The zero-order chi connectivity index (χ0) is 15.2. The minimum atomic E-state index is -0.0540. The highest BCUT2D eigenvalue weighted by Gasteiger charge is 2.35. The molecule has 0 fully saturated rings. The predicted octanol–water partition coefficient (Wildman–Crippen LogP) is 4.28. The van der Waals surface area contributed by atoms with Crippen LogP contribution in [0.1, 0.15) is 36.2 Å². The molecule has 0 aromatic heterocycles. The monoisotopic (exact) mass is 279 g/mol. The summed E-state index contributed by atoms with van der Waals surface area (Å²) in [6, 6.07) is 14.7. The molecule has 2 aromatic carbocycles. The highest BCUT2D eigenvalue weighted by atomic mass is 16.1. The molecule has 0 atom stereocenters. The lowest BCUT2D eigenvalue weighted by molar-refractivity contribution is 0.0979. The number of ketones is 1. The van der Waals surface area contributed by atoms with Crippen molar-refractivity contribution in [2.24, 2.45) is 0 Å². The Morgan fingerprint density at radius 2 is 1.71 bits per heavy atom. The summed E-state index contributed by atoms with van der Waals surface area (Å²) in [5.74, 6) is 0.267. The van der Waals surface area contributed by atoms with Crippen LogP contribution in [-0.4, -0.2) is 19.9 Å². The van der Waals surface area contributed by atoms with E-state index < -0.39 is 0 Å². The molecular weight excluding hydrogens is 258 g/mol. The van der Waals surface area contributed by atoms with Gasteiger partial charge in [0.25, 0.3) is 0 Å². The van der Waals surface area contributed by atoms with Crippen LogP contribution < -0.4 is 4.90 Å². The predicted molar refractivity (Wildman–Crippen MR) is 88.2 cm³/mol. The van der Waals surface area contributed by atoms with E-state index in [0.29, 0.717) is 6.42 Å². The molecular formula is C19H21NO. The summed E-state index contributed by atoms with van der Waals surface area (Å²) >= 11 is 0. The van der Waals surface area contributed by atoms with Crippen LogP contribution in [0.2, 0.25) is 0 Å². The number of fused-ring (bicyclic) bond motifs is 1. The second-order valence-electron chi connectivity index (χ2n) is 6.69. The van der Waals surface area contributed by atoms with E-state index in [9.17, 15) is 4.79 Å². The van der Waals surface area contributed by atoms with E-state index in [1.54, 1.807) is 0 Å². The van der Waals surface area contributed by atoms with Crippen LogP contribution in [0.3, 0.4) is 0 Å². The van der Waals surface area contributed by atoms with Gasteiger partial charge in [0.15, 0.2) is 5.78 Å². The Kier molecular flexibility index (Phi) is 3.12. The van der Waals surface area contributed by atoms with Gasteiger partial charge in [-0.25, -0.2) is 0 Å². The highest BCUT2D eigenvalue weighted by molar-refractivity contribution is 6.02. The van der Waals surface area contributed by atoms with Crippen LogP contribution in [0, 0.1) is 0 Å². The van der Waals surface area contributed by atoms with E-state index in [0.717, 1.165) is 5.56 Å². The first kappa shape index (κ1) is 13.9. The molecule has 0 heterocycles. The first-order valence-corrected chi connectivity index (χ1v) is 7.34. The minimum absolute atomic E-state index is 0.0540. The lowest BCUT2D eigenvalue weighted by Crippen LogP contribution is -2.12. The summed E-state index contributed by atoms with van der Waals surface area (Å²) in [5, 5.41) is 0. The maximum absolute atomic E-state index is 12.1. The van der Waals surface area contributed by atoms with Crippen molar-refractivity contribution in [3.05, 3.63) is 53.6 Å². The summed E-state index contributed by atoms with van der Waals surface area (Å²) in [7, 11) is 4.09. The third-order valence-corrected chi connectivity index (χ3v) is 4.35. The molecule has 0 spiro atoms. The molecule has 1 aliphatic rings. The van der Waals surface area contributed by atoms with Gasteiger partial charge in [0.05, 0.1) is 0 Å². The topological polar surface area (TPSA) is 20.3 Å². The van der Waals surface area contributed by atoms with Crippen molar-refractivity contribution in [1.82, 2.24) is 0 Å². The van der Waals surface area contributed by atoms with Crippen LogP contribution in [0.25, 0.3) is 11.1 Å². The quantitative estimate of drug-likeness (QED) is 0.817. The first-order chi connectivity index (χ1) is 9.88. The van der Waals surface area contributed by atoms with Gasteiger partial charge >= 0.3 is 0 Å². The van der Waals surface area contributed by atoms with E-state index in [-0.39, 0.29) is 11.2 Å². The minimum Gasteiger partial charge on any atom is -0.378 e. The summed E-state index contributed by atoms with van der Waals surface area (Å²) in [5.41, 5.74) is 5.58. The zero-order valence-corrected chi connectivity index (χ0v) is 13.1. The lowest BCUT2D eigenvalue weighted by atomic mass is 9.85. The van der Waals surface area contributed by atoms with Crippen molar-refractivity contribution >= 4 is 11.5 Å². The average molecular weight is 279 g/mol. The molecule has 0 saturated heterocycles. The molecule has 108 valence electrons. The number of anilines is 1. The maximum Gasteiger partial charge on any atom is 0.164 e. The normalized spacial score (nSPS) is 15.9. The highest BCUT2D eigenvalue weighted by Crippen LogP contribution is 2.40. The Labute approximate surface area is 126 Å². The van der Waals surface area contributed by atoms with Crippen molar-refractivity contribution in [3.8, 4) is 11.1 Å². The van der Waals surface area contributed by atoms with E-state index in [4.69, 9.17) is 0 Å². The van der Waals surface area contributed by atoms with Gasteiger partial charge in [0, 0.05) is 31.8 Å². The number of benzene rings is 2. The number of nitrogens with zero attached hydrogens (tertiary/aromatic N) is 1. The van der Waals surface area contributed by atoms with Crippen LogP contribution >= 0.6 is 0 Å². The molecule has 1 aliphatic carbocycles. The summed E-state index contributed by atoms with van der Waals surface area (Å²) < 4.78 is 0. The van der Waals surface area contributed by atoms with E-state index in [1.165, 1.54) is 22.4 Å². The molecule has 0 bridgehead atoms. The van der Waals surface area contributed by atoms with E-state index in [1.807, 2.05) is 20.2 Å². The Morgan fingerprint density at radius 3 is 2.43 bits per heavy atom. The van der Waals surface area contributed by atoms with Crippen LogP contribution in [0.5, 0.6) is 0 Å². The molecule has 0 aliphatic heterocycles. The molecule has 0 amide bonds. The van der Waals surface area contributed by atoms with Gasteiger partial charge in [-0.2, -0.15) is 0 Å². The Balaban J connectivity index is 2.10. The number of hydrogen-bond acceptors (Lipinski definition) is 2. The standard InChI is InChI=1S/C19H21NO/c1-19(2)12-18(21)16-9-8-14(11-17(16)19)13-6-5-7-15(10-13)20(3)4/h5-11H,12H2,1-4H3. The molecule has 0 N–H and O–H groups in total. The van der Waals surface area contributed by atoms with E-state index >= 15 is 0 Å². The average Bonchev–Trinajstić information content (AvgIpc) is 2.68. The van der Waals surface area contributed by atoms with Crippen LogP contribution in [0.4, 0.5) is 5.69 Å². The summed E-state index contributed by atoms with van der Waals surface area (Å²) in [6.45, 7) is 4.30. The zero-order valence-electron chi connectivity index (χ0n) is 13.1. The second-order valence-corrected chi connectivity index (χ2v) is 6.69. The molecule has 2 nitrogen and oxygen atoms in total. The lowest BCUT2D eigenvalue weighted by Gasteiger charge is -2.19. The molecule has 21 heavy (non-hydrogen) atoms. The Bertz CT molecular complexity index is 713. The van der Waals surface area contributed by atoms with Gasteiger partial charge in [0.2, 0.25) is 0 Å². The van der Waals surface area contributed by atoms with Crippen LogP contribution in [-0.2, 0) is 5.41 Å². The number of carbonyl (C=O) groups is 1. The van der Waals surface area contributed by atoms with Crippen molar-refractivity contribution in [1.29, 1.82) is 0 Å². The SMILES string of the molecule is CN(C)c1cccc(-c2ccc3c(c2)C(C)(C)CC3=O)c1. The molecule has 0 saturated carbocycles. The molecule has 3 rings (SSSR count). The summed E-state index contributed by atoms with van der Waals surface area (Å²) in [4.78, 5) is 14.2. The van der Waals surface area contributed by atoms with Crippen molar-refractivity contribution in [2.75, 3.05) is 19.0 Å². The number of rotatable bonds is 2. The number of carbonyl (C=O) groups excluding carboxylic acids is 1. The van der Waals surface area contributed by atoms with Crippen molar-refractivity contribution in [2.45, 2.75) is 25.7 Å². The third-order valence-electron chi connectivity index (χ3n) is 4.35. The Hall–Kier alpha value is -2.09. The van der Waals surface area contributed by atoms with Gasteiger partial charge in [-0.05, 0) is 40.3 Å².